The van der Waals surface area contributed by atoms with E-state index in [9.17, 15) is 9.90 Å². The van der Waals surface area contributed by atoms with Crippen molar-refractivity contribution in [1.82, 2.24) is 5.16 Å². The van der Waals surface area contributed by atoms with Crippen LogP contribution in [0.3, 0.4) is 0 Å². The lowest BCUT2D eigenvalue weighted by molar-refractivity contribution is 0.0695. The second-order valence-electron chi connectivity index (χ2n) is 3.98. The van der Waals surface area contributed by atoms with Gasteiger partial charge in [0, 0.05) is 26.7 Å². The van der Waals surface area contributed by atoms with Crippen LogP contribution < -0.4 is 0 Å². The van der Waals surface area contributed by atoms with Crippen molar-refractivity contribution in [2.45, 2.75) is 18.8 Å². The number of hydrogen-bond donors (Lipinski definition) is 1. The van der Waals surface area contributed by atoms with Crippen LogP contribution in [0.4, 0.5) is 0 Å². The minimum Gasteiger partial charge on any atom is -0.477 e. The summed E-state index contributed by atoms with van der Waals surface area (Å²) < 4.78 is 6.06. The fourth-order valence-corrected chi connectivity index (χ4v) is 3.23. The van der Waals surface area contributed by atoms with E-state index in [2.05, 4.69) is 21.1 Å². The van der Waals surface area contributed by atoms with E-state index in [1.165, 1.54) is 11.3 Å². The van der Waals surface area contributed by atoms with Crippen molar-refractivity contribution in [2.24, 2.45) is 0 Å². The number of thiophene rings is 1. The van der Waals surface area contributed by atoms with Gasteiger partial charge < -0.3 is 9.63 Å². The van der Waals surface area contributed by atoms with Crippen molar-refractivity contribution in [3.63, 3.8) is 0 Å². The zero-order valence-electron chi connectivity index (χ0n) is 8.64. The maximum absolute atomic E-state index is 11.3. The fraction of sp³-hybridized carbons (Fsp3) is 0.273. The van der Waals surface area contributed by atoms with Gasteiger partial charge in [-0.2, -0.15) is 11.3 Å². The van der Waals surface area contributed by atoms with Gasteiger partial charge in [0.25, 0.3) is 0 Å². The molecular formula is C11H8BrNO3S. The highest BCUT2D eigenvalue weighted by Crippen LogP contribution is 2.45. The van der Waals surface area contributed by atoms with Crippen LogP contribution in [0.15, 0.2) is 19.8 Å². The molecule has 17 heavy (non-hydrogen) atoms. The minimum atomic E-state index is -0.971. The second-order valence-corrected chi connectivity index (χ2v) is 5.58. The number of rotatable bonds is 3. The molecule has 0 unspecified atom stereocenters. The summed E-state index contributed by atoms with van der Waals surface area (Å²) in [5.41, 5.74) is 1.42. The molecule has 88 valence electrons. The van der Waals surface area contributed by atoms with E-state index >= 15 is 0 Å². The number of nitrogens with zero attached hydrogens (tertiary/aromatic N) is 1. The quantitative estimate of drug-likeness (QED) is 0.937. The van der Waals surface area contributed by atoms with Gasteiger partial charge in [0.1, 0.15) is 11.3 Å². The highest BCUT2D eigenvalue weighted by Gasteiger charge is 2.35. The molecule has 1 aliphatic rings. The molecule has 0 spiro atoms. The Hall–Kier alpha value is -1.14. The van der Waals surface area contributed by atoms with Gasteiger partial charge >= 0.3 is 5.97 Å². The Morgan fingerprint density at radius 1 is 1.53 bits per heavy atom. The van der Waals surface area contributed by atoms with Crippen molar-refractivity contribution in [3.05, 3.63) is 26.6 Å². The van der Waals surface area contributed by atoms with Gasteiger partial charge in [-0.05, 0) is 28.8 Å². The van der Waals surface area contributed by atoms with E-state index in [0.29, 0.717) is 11.5 Å². The SMILES string of the molecule is O=C(O)c1c(-c2cscc2Br)noc1C1CC1. The van der Waals surface area contributed by atoms with Crippen LogP contribution in [0, 0.1) is 0 Å². The number of carboxylic acids is 1. The van der Waals surface area contributed by atoms with Gasteiger partial charge in [-0.3, -0.25) is 0 Å². The molecular weight excluding hydrogens is 306 g/mol. The molecule has 6 heteroatoms. The lowest BCUT2D eigenvalue weighted by Crippen LogP contribution is -2.00. The number of hydrogen-bond acceptors (Lipinski definition) is 4. The topological polar surface area (TPSA) is 63.3 Å². The Labute approximate surface area is 109 Å². The molecule has 0 amide bonds. The van der Waals surface area contributed by atoms with Crippen molar-refractivity contribution < 1.29 is 14.4 Å². The third-order valence-electron chi connectivity index (χ3n) is 2.75. The summed E-state index contributed by atoms with van der Waals surface area (Å²) in [5, 5.41) is 17.0. The van der Waals surface area contributed by atoms with Crippen LogP contribution in [0.5, 0.6) is 0 Å². The predicted molar refractivity (Wildman–Crippen MR) is 66.5 cm³/mol. The number of carboxylic acid groups (broad SMARTS) is 1. The first-order valence-electron chi connectivity index (χ1n) is 5.13. The Kier molecular flexibility index (Phi) is 2.56. The standard InChI is InChI=1S/C11H8BrNO3S/c12-7-4-17-3-6(7)9-8(11(14)15)10(16-13-9)5-1-2-5/h3-5H,1-2H2,(H,14,15). The number of aromatic carboxylic acids is 1. The third kappa shape index (κ3) is 1.81. The lowest BCUT2D eigenvalue weighted by atomic mass is 10.1. The van der Waals surface area contributed by atoms with Crippen LogP contribution in [-0.2, 0) is 0 Å². The number of carbonyl (C=O) groups is 1. The summed E-state index contributed by atoms with van der Waals surface area (Å²) in [5.74, 6) is -0.216. The third-order valence-corrected chi connectivity index (χ3v) is 4.45. The van der Waals surface area contributed by atoms with Gasteiger partial charge in [0.15, 0.2) is 5.76 Å². The molecule has 3 rings (SSSR count). The Morgan fingerprint density at radius 2 is 2.29 bits per heavy atom. The Morgan fingerprint density at radius 3 is 2.82 bits per heavy atom. The lowest BCUT2D eigenvalue weighted by Gasteiger charge is -1.96. The second kappa shape index (κ2) is 3.96. The summed E-state index contributed by atoms with van der Waals surface area (Å²) in [6, 6.07) is 0. The summed E-state index contributed by atoms with van der Waals surface area (Å²) >= 11 is 4.88. The molecule has 0 aliphatic heterocycles. The van der Waals surface area contributed by atoms with E-state index in [-0.39, 0.29) is 11.5 Å². The van der Waals surface area contributed by atoms with Crippen molar-refractivity contribution in [2.75, 3.05) is 0 Å². The summed E-state index contributed by atoms with van der Waals surface area (Å²) in [6.07, 6.45) is 1.97. The maximum Gasteiger partial charge on any atom is 0.341 e. The molecule has 1 fully saturated rings. The molecule has 4 nitrogen and oxygen atoms in total. The molecule has 0 bridgehead atoms. The highest BCUT2D eigenvalue weighted by molar-refractivity contribution is 9.10. The van der Waals surface area contributed by atoms with E-state index in [1.54, 1.807) is 0 Å². The van der Waals surface area contributed by atoms with Crippen LogP contribution in [0.25, 0.3) is 11.3 Å². The molecule has 2 aromatic rings. The first-order valence-corrected chi connectivity index (χ1v) is 6.87. The minimum absolute atomic E-state index is 0.214. The molecule has 1 saturated carbocycles. The summed E-state index contributed by atoms with van der Waals surface area (Å²) in [4.78, 5) is 11.3. The first kappa shape index (κ1) is 11.0. The van der Waals surface area contributed by atoms with Crippen LogP contribution >= 0.6 is 27.3 Å². The van der Waals surface area contributed by atoms with Gasteiger partial charge in [0.05, 0.1) is 0 Å². The highest BCUT2D eigenvalue weighted by atomic mass is 79.9. The van der Waals surface area contributed by atoms with Crippen molar-refractivity contribution in [1.29, 1.82) is 0 Å². The molecule has 2 heterocycles. The Balaban J connectivity index is 2.17. The molecule has 0 saturated heterocycles. The van der Waals surface area contributed by atoms with Gasteiger partial charge in [-0.1, -0.05) is 5.16 Å². The molecule has 1 N–H and O–H groups in total. The predicted octanol–water partition coefficient (Wildman–Crippen LogP) is 3.74. The van der Waals surface area contributed by atoms with Crippen molar-refractivity contribution >= 4 is 33.2 Å². The molecule has 2 aromatic heterocycles. The van der Waals surface area contributed by atoms with Crippen LogP contribution in [-0.4, -0.2) is 16.2 Å². The van der Waals surface area contributed by atoms with E-state index in [1.807, 2.05) is 10.8 Å². The maximum atomic E-state index is 11.3. The zero-order chi connectivity index (χ0) is 12.0. The summed E-state index contributed by atoms with van der Waals surface area (Å²) in [7, 11) is 0. The summed E-state index contributed by atoms with van der Waals surface area (Å²) in [6.45, 7) is 0. The van der Waals surface area contributed by atoms with Crippen LogP contribution in [0.1, 0.15) is 34.9 Å². The van der Waals surface area contributed by atoms with Gasteiger partial charge in [-0.25, -0.2) is 4.79 Å². The molecule has 0 atom stereocenters. The Bertz CT molecular complexity index is 585. The van der Waals surface area contributed by atoms with E-state index in [0.717, 1.165) is 22.9 Å². The van der Waals surface area contributed by atoms with Gasteiger partial charge in [0.2, 0.25) is 0 Å². The normalized spacial score (nSPS) is 15.1. The average molecular weight is 314 g/mol. The molecule has 0 radical (unpaired) electrons. The molecule has 1 aliphatic carbocycles. The largest absolute Gasteiger partial charge is 0.477 e. The monoisotopic (exact) mass is 313 g/mol. The first-order chi connectivity index (χ1) is 8.18. The average Bonchev–Trinajstić information content (AvgIpc) is 2.89. The van der Waals surface area contributed by atoms with E-state index < -0.39 is 5.97 Å². The van der Waals surface area contributed by atoms with E-state index in [4.69, 9.17) is 4.52 Å². The smallest absolute Gasteiger partial charge is 0.341 e. The fourth-order valence-electron chi connectivity index (χ4n) is 1.77. The van der Waals surface area contributed by atoms with Crippen LogP contribution in [0.2, 0.25) is 0 Å². The number of aromatic nitrogens is 1. The van der Waals surface area contributed by atoms with Gasteiger partial charge in [-0.15, -0.1) is 0 Å². The number of halogens is 1. The van der Waals surface area contributed by atoms with Crippen molar-refractivity contribution in [3.8, 4) is 11.3 Å². The zero-order valence-corrected chi connectivity index (χ0v) is 11.0. The molecule has 0 aromatic carbocycles.